The van der Waals surface area contributed by atoms with Crippen LogP contribution >= 0.6 is 0 Å². The predicted octanol–water partition coefficient (Wildman–Crippen LogP) is 2.71. The lowest BCUT2D eigenvalue weighted by molar-refractivity contribution is -0.117. The summed E-state index contributed by atoms with van der Waals surface area (Å²) in [6.45, 7) is 0.636. The van der Waals surface area contributed by atoms with Gasteiger partial charge in [0, 0.05) is 23.3 Å². The van der Waals surface area contributed by atoms with Crippen molar-refractivity contribution in [3.05, 3.63) is 54.2 Å². The molecule has 0 saturated carbocycles. The summed E-state index contributed by atoms with van der Waals surface area (Å²) in [4.78, 5) is 12.5. The fourth-order valence-corrected chi connectivity index (χ4v) is 2.76. The lowest BCUT2D eigenvalue weighted by atomic mass is 10.0. The second-order valence-electron chi connectivity index (χ2n) is 5.18. The van der Waals surface area contributed by atoms with Gasteiger partial charge in [-0.05, 0) is 29.8 Å². The summed E-state index contributed by atoms with van der Waals surface area (Å²) >= 11 is 0. The van der Waals surface area contributed by atoms with Crippen LogP contribution in [0.5, 0.6) is 0 Å². The summed E-state index contributed by atoms with van der Waals surface area (Å²) < 4.78 is 0. The van der Waals surface area contributed by atoms with E-state index in [9.17, 15) is 4.79 Å². The zero-order valence-electron chi connectivity index (χ0n) is 11.3. The van der Waals surface area contributed by atoms with E-state index in [0.717, 1.165) is 27.8 Å². The number of para-hydroxylation sites is 1. The Morgan fingerprint density at radius 2 is 2.14 bits per heavy atom. The van der Waals surface area contributed by atoms with Gasteiger partial charge in [-0.3, -0.25) is 9.89 Å². The maximum absolute atomic E-state index is 12.5. The Morgan fingerprint density at radius 3 is 3.10 bits per heavy atom. The number of rotatable bonds is 2. The van der Waals surface area contributed by atoms with Crippen molar-refractivity contribution in [1.29, 1.82) is 0 Å². The Hall–Kier alpha value is -2.82. The lowest BCUT2D eigenvalue weighted by Crippen LogP contribution is -2.22. The molecule has 0 radical (unpaired) electrons. The molecule has 1 atom stereocenters. The Kier molecular flexibility index (Phi) is 2.64. The van der Waals surface area contributed by atoms with E-state index >= 15 is 0 Å². The van der Waals surface area contributed by atoms with Crippen LogP contribution in [0.1, 0.15) is 11.5 Å². The minimum atomic E-state index is -0.154. The Morgan fingerprint density at radius 1 is 1.24 bits per heavy atom. The minimum absolute atomic E-state index is 0.00585. The van der Waals surface area contributed by atoms with Gasteiger partial charge in [-0.15, -0.1) is 0 Å². The number of H-pyrrole nitrogens is 1. The SMILES string of the molecule is O=C(Nc1ccc2cn[nH]c2c1)C1CNc2ccccc21. The van der Waals surface area contributed by atoms with Gasteiger partial charge < -0.3 is 10.6 Å². The van der Waals surface area contributed by atoms with Crippen molar-refractivity contribution in [3.63, 3.8) is 0 Å². The molecule has 21 heavy (non-hydrogen) atoms. The van der Waals surface area contributed by atoms with E-state index in [2.05, 4.69) is 20.8 Å². The van der Waals surface area contributed by atoms with Crippen molar-refractivity contribution in [2.24, 2.45) is 0 Å². The molecule has 3 N–H and O–H groups in total. The standard InChI is InChI=1S/C16H14N4O/c21-16(13-9-17-14-4-2-1-3-12(13)14)19-11-6-5-10-8-18-20-15(10)7-11/h1-8,13,17H,9H2,(H,18,20)(H,19,21). The molecule has 3 aromatic rings. The Balaban J connectivity index is 1.58. The third kappa shape index (κ3) is 2.03. The molecule has 5 heteroatoms. The monoisotopic (exact) mass is 278 g/mol. The summed E-state index contributed by atoms with van der Waals surface area (Å²) in [5.74, 6) is -0.148. The van der Waals surface area contributed by atoms with Crippen molar-refractivity contribution in [3.8, 4) is 0 Å². The highest BCUT2D eigenvalue weighted by atomic mass is 16.1. The predicted molar refractivity (Wildman–Crippen MR) is 82.4 cm³/mol. The highest BCUT2D eigenvalue weighted by molar-refractivity contribution is 5.99. The second kappa shape index (κ2) is 4.63. The van der Waals surface area contributed by atoms with Crippen LogP contribution in [0.2, 0.25) is 0 Å². The number of benzene rings is 2. The summed E-state index contributed by atoms with van der Waals surface area (Å²) in [7, 11) is 0. The van der Waals surface area contributed by atoms with Gasteiger partial charge in [0.2, 0.25) is 5.91 Å². The number of amides is 1. The molecule has 1 aliphatic rings. The molecule has 0 saturated heterocycles. The molecular formula is C16H14N4O. The minimum Gasteiger partial charge on any atom is -0.384 e. The molecule has 1 amide bonds. The van der Waals surface area contributed by atoms with Crippen molar-refractivity contribution >= 4 is 28.2 Å². The van der Waals surface area contributed by atoms with Gasteiger partial charge in [0.25, 0.3) is 0 Å². The molecule has 0 fully saturated rings. The van der Waals surface area contributed by atoms with Crippen molar-refractivity contribution in [2.45, 2.75) is 5.92 Å². The average molecular weight is 278 g/mol. The number of aromatic nitrogens is 2. The topological polar surface area (TPSA) is 69.8 Å². The highest BCUT2D eigenvalue weighted by Crippen LogP contribution is 2.32. The third-order valence-corrected chi connectivity index (χ3v) is 3.86. The van der Waals surface area contributed by atoms with E-state index in [-0.39, 0.29) is 11.8 Å². The number of fused-ring (bicyclic) bond motifs is 2. The lowest BCUT2D eigenvalue weighted by Gasteiger charge is -2.11. The maximum Gasteiger partial charge on any atom is 0.233 e. The van der Waals surface area contributed by atoms with E-state index in [1.807, 2.05) is 42.5 Å². The molecule has 1 aliphatic heterocycles. The van der Waals surface area contributed by atoms with E-state index in [1.54, 1.807) is 6.20 Å². The summed E-state index contributed by atoms with van der Waals surface area (Å²) in [6.07, 6.45) is 1.76. The van der Waals surface area contributed by atoms with Crippen LogP contribution in [0, 0.1) is 0 Å². The molecule has 2 heterocycles. The highest BCUT2D eigenvalue weighted by Gasteiger charge is 2.28. The summed E-state index contributed by atoms with van der Waals surface area (Å²) in [5.41, 5.74) is 3.79. The molecule has 104 valence electrons. The van der Waals surface area contributed by atoms with Crippen LogP contribution in [-0.2, 0) is 4.79 Å². The Bertz CT molecular complexity index is 824. The molecule has 0 spiro atoms. The number of hydrogen-bond acceptors (Lipinski definition) is 3. The first kappa shape index (κ1) is 12.0. The van der Waals surface area contributed by atoms with Crippen LogP contribution in [0.4, 0.5) is 11.4 Å². The second-order valence-corrected chi connectivity index (χ2v) is 5.18. The molecule has 4 rings (SSSR count). The maximum atomic E-state index is 12.5. The molecule has 5 nitrogen and oxygen atoms in total. The van der Waals surface area contributed by atoms with Crippen molar-refractivity contribution in [1.82, 2.24) is 10.2 Å². The number of hydrogen-bond donors (Lipinski definition) is 3. The molecule has 0 bridgehead atoms. The molecule has 0 aliphatic carbocycles. The fraction of sp³-hybridized carbons (Fsp3) is 0.125. The third-order valence-electron chi connectivity index (χ3n) is 3.86. The zero-order valence-corrected chi connectivity index (χ0v) is 11.3. The summed E-state index contributed by atoms with van der Waals surface area (Å²) in [5, 5.41) is 14.2. The van der Waals surface area contributed by atoms with Crippen LogP contribution in [0.25, 0.3) is 10.9 Å². The number of carbonyl (C=O) groups excluding carboxylic acids is 1. The number of anilines is 2. The number of carbonyl (C=O) groups is 1. The normalized spacial score (nSPS) is 16.5. The van der Waals surface area contributed by atoms with Gasteiger partial charge in [-0.25, -0.2) is 0 Å². The van der Waals surface area contributed by atoms with Crippen molar-refractivity contribution in [2.75, 3.05) is 17.2 Å². The number of aromatic amines is 1. The van der Waals surface area contributed by atoms with Gasteiger partial charge in [-0.2, -0.15) is 5.10 Å². The van der Waals surface area contributed by atoms with E-state index in [4.69, 9.17) is 0 Å². The van der Waals surface area contributed by atoms with Crippen LogP contribution in [0.3, 0.4) is 0 Å². The number of nitrogens with zero attached hydrogens (tertiary/aromatic N) is 1. The van der Waals surface area contributed by atoms with Gasteiger partial charge in [0.1, 0.15) is 0 Å². The average Bonchev–Trinajstić information content (AvgIpc) is 3.13. The summed E-state index contributed by atoms with van der Waals surface area (Å²) in [6, 6.07) is 13.7. The molecule has 1 unspecified atom stereocenters. The smallest absolute Gasteiger partial charge is 0.233 e. The first-order chi connectivity index (χ1) is 10.3. The van der Waals surface area contributed by atoms with Gasteiger partial charge >= 0.3 is 0 Å². The largest absolute Gasteiger partial charge is 0.384 e. The first-order valence-electron chi connectivity index (χ1n) is 6.88. The molecular weight excluding hydrogens is 264 g/mol. The van der Waals surface area contributed by atoms with Crippen molar-refractivity contribution < 1.29 is 4.79 Å². The Labute approximate surface area is 121 Å². The van der Waals surface area contributed by atoms with Gasteiger partial charge in [-0.1, -0.05) is 18.2 Å². The van der Waals surface area contributed by atoms with E-state index in [1.165, 1.54) is 0 Å². The fourth-order valence-electron chi connectivity index (χ4n) is 2.76. The molecule has 1 aromatic heterocycles. The quantitative estimate of drug-likeness (QED) is 0.675. The van der Waals surface area contributed by atoms with Crippen LogP contribution in [0.15, 0.2) is 48.7 Å². The number of nitrogens with one attached hydrogen (secondary N) is 3. The van der Waals surface area contributed by atoms with Gasteiger partial charge in [0.15, 0.2) is 0 Å². The van der Waals surface area contributed by atoms with E-state index < -0.39 is 0 Å². The van der Waals surface area contributed by atoms with Crippen LogP contribution in [-0.4, -0.2) is 22.6 Å². The first-order valence-corrected chi connectivity index (χ1v) is 6.88. The molecule has 2 aromatic carbocycles. The van der Waals surface area contributed by atoms with Crippen LogP contribution < -0.4 is 10.6 Å². The van der Waals surface area contributed by atoms with Gasteiger partial charge in [0.05, 0.1) is 17.6 Å². The zero-order chi connectivity index (χ0) is 14.2. The van der Waals surface area contributed by atoms with E-state index in [0.29, 0.717) is 6.54 Å².